The second-order valence-electron chi connectivity index (χ2n) is 7.01. The Balaban J connectivity index is 1.45. The zero-order valence-corrected chi connectivity index (χ0v) is 17.5. The van der Waals surface area contributed by atoms with Crippen LogP contribution in [0.1, 0.15) is 18.4 Å². The van der Waals surface area contributed by atoms with Crippen LogP contribution in [0.2, 0.25) is 10.0 Å². The third-order valence-electron chi connectivity index (χ3n) is 5.00. The number of rotatable bonds is 6. The number of hydrogen-bond donors (Lipinski definition) is 2. The Morgan fingerprint density at radius 3 is 2.61 bits per heavy atom. The van der Waals surface area contributed by atoms with Gasteiger partial charge in [0.15, 0.2) is 5.96 Å². The summed E-state index contributed by atoms with van der Waals surface area (Å²) in [7, 11) is 1.59. The lowest BCUT2D eigenvalue weighted by molar-refractivity contribution is 0.180. The third kappa shape index (κ3) is 5.77. The van der Waals surface area contributed by atoms with Crippen LogP contribution in [-0.2, 0) is 6.54 Å². The molecule has 0 aliphatic carbocycles. The van der Waals surface area contributed by atoms with Crippen LogP contribution in [0, 0.1) is 5.92 Å². The topological polar surface area (TPSA) is 62.9 Å². The van der Waals surface area contributed by atoms with E-state index in [0.29, 0.717) is 22.6 Å². The van der Waals surface area contributed by atoms with Crippen molar-refractivity contribution in [2.24, 2.45) is 16.6 Å². The van der Waals surface area contributed by atoms with E-state index in [2.05, 4.69) is 21.3 Å². The molecule has 0 spiro atoms. The number of halogens is 2. The van der Waals surface area contributed by atoms with Crippen LogP contribution in [0.15, 0.2) is 47.5 Å². The first-order chi connectivity index (χ1) is 13.5. The molecular weight excluding hydrogens is 395 g/mol. The van der Waals surface area contributed by atoms with Crippen molar-refractivity contribution in [3.63, 3.8) is 0 Å². The number of anilines is 1. The fourth-order valence-electron chi connectivity index (χ4n) is 3.35. The second-order valence-corrected chi connectivity index (χ2v) is 7.83. The van der Waals surface area contributed by atoms with E-state index in [1.807, 2.05) is 24.3 Å². The number of methoxy groups -OCH3 is 1. The lowest BCUT2D eigenvalue weighted by atomic mass is 9.96. The lowest BCUT2D eigenvalue weighted by Crippen LogP contribution is -2.34. The normalized spacial score (nSPS) is 16.2. The van der Waals surface area contributed by atoms with E-state index in [4.69, 9.17) is 33.7 Å². The molecule has 0 atom stereocenters. The smallest absolute Gasteiger partial charge is 0.193 e. The zero-order valence-electron chi connectivity index (χ0n) is 16.0. The zero-order chi connectivity index (χ0) is 19.9. The molecule has 150 valence electrons. The van der Waals surface area contributed by atoms with Crippen molar-refractivity contribution in [1.82, 2.24) is 4.90 Å². The van der Waals surface area contributed by atoms with Crippen LogP contribution in [-0.4, -0.2) is 37.6 Å². The Kier molecular flexibility index (Phi) is 7.43. The van der Waals surface area contributed by atoms with Crippen LogP contribution >= 0.6 is 23.2 Å². The monoisotopic (exact) mass is 420 g/mol. The largest absolute Gasteiger partial charge is 0.495 e. The van der Waals surface area contributed by atoms with Gasteiger partial charge in [-0.1, -0.05) is 41.4 Å². The van der Waals surface area contributed by atoms with E-state index < -0.39 is 0 Å². The van der Waals surface area contributed by atoms with Crippen molar-refractivity contribution in [3.05, 3.63) is 58.1 Å². The van der Waals surface area contributed by atoms with Gasteiger partial charge in [-0.25, -0.2) is 0 Å². The summed E-state index contributed by atoms with van der Waals surface area (Å²) in [5.41, 5.74) is 8.01. The van der Waals surface area contributed by atoms with Gasteiger partial charge in [-0.2, -0.15) is 0 Å². The molecule has 3 N–H and O–H groups in total. The van der Waals surface area contributed by atoms with Crippen molar-refractivity contribution >= 4 is 34.8 Å². The molecule has 0 aromatic heterocycles. The van der Waals surface area contributed by atoms with Crippen molar-refractivity contribution < 1.29 is 4.74 Å². The minimum atomic E-state index is 0.403. The van der Waals surface area contributed by atoms with Crippen molar-refractivity contribution in [2.45, 2.75) is 19.4 Å². The molecule has 2 aromatic carbocycles. The maximum atomic E-state index is 6.27. The van der Waals surface area contributed by atoms with Crippen LogP contribution < -0.4 is 15.8 Å². The first-order valence-electron chi connectivity index (χ1n) is 9.41. The first-order valence-corrected chi connectivity index (χ1v) is 10.2. The summed E-state index contributed by atoms with van der Waals surface area (Å²) in [5.74, 6) is 1.58. The van der Waals surface area contributed by atoms with Crippen LogP contribution in [0.3, 0.4) is 0 Å². The summed E-state index contributed by atoms with van der Waals surface area (Å²) in [4.78, 5) is 6.95. The highest BCUT2D eigenvalue weighted by Gasteiger charge is 2.19. The highest BCUT2D eigenvalue weighted by atomic mass is 35.5. The molecule has 1 fully saturated rings. The number of likely N-dealkylation sites (tertiary alicyclic amines) is 1. The maximum Gasteiger partial charge on any atom is 0.193 e. The molecule has 0 radical (unpaired) electrons. The van der Waals surface area contributed by atoms with E-state index in [9.17, 15) is 0 Å². The van der Waals surface area contributed by atoms with E-state index in [-0.39, 0.29) is 0 Å². The standard InChI is InChI=1S/C21H26Cl2N4O/c1-28-20-7-6-17(12-19(20)23)26-21(24)25-13-15-8-10-27(11-9-15)14-16-4-2-3-5-18(16)22/h2-7,12,15H,8-11,13-14H2,1H3,(H3,24,25,26). The molecule has 0 amide bonds. The van der Waals surface area contributed by atoms with Gasteiger partial charge in [-0.3, -0.25) is 9.89 Å². The minimum absolute atomic E-state index is 0.403. The number of benzene rings is 2. The van der Waals surface area contributed by atoms with E-state index in [1.54, 1.807) is 19.2 Å². The number of guanidine groups is 1. The van der Waals surface area contributed by atoms with Gasteiger partial charge in [0.25, 0.3) is 0 Å². The average Bonchev–Trinajstić information content (AvgIpc) is 2.69. The van der Waals surface area contributed by atoms with Gasteiger partial charge in [0.1, 0.15) is 5.75 Å². The van der Waals surface area contributed by atoms with Crippen LogP contribution in [0.25, 0.3) is 0 Å². The Bertz CT molecular complexity index is 820. The average molecular weight is 421 g/mol. The number of nitrogens with one attached hydrogen (secondary N) is 1. The van der Waals surface area contributed by atoms with Crippen LogP contribution in [0.5, 0.6) is 5.75 Å². The maximum absolute atomic E-state index is 6.27. The SMILES string of the molecule is COc1ccc(NC(N)=NCC2CCN(Cc3ccccc3Cl)CC2)cc1Cl. The molecule has 5 nitrogen and oxygen atoms in total. The molecule has 1 saturated heterocycles. The molecule has 1 aliphatic heterocycles. The van der Waals surface area contributed by atoms with E-state index in [0.717, 1.165) is 49.7 Å². The highest BCUT2D eigenvalue weighted by Crippen LogP contribution is 2.27. The molecule has 0 saturated carbocycles. The van der Waals surface area contributed by atoms with Gasteiger partial charge in [0.2, 0.25) is 0 Å². The predicted molar refractivity (Wildman–Crippen MR) is 118 cm³/mol. The number of piperidine rings is 1. The number of aliphatic imine (C=N–C) groups is 1. The number of ether oxygens (including phenoxy) is 1. The Morgan fingerprint density at radius 1 is 1.18 bits per heavy atom. The summed E-state index contributed by atoms with van der Waals surface area (Å²) in [5, 5.41) is 4.46. The fraction of sp³-hybridized carbons (Fsp3) is 0.381. The Hall–Kier alpha value is -1.95. The minimum Gasteiger partial charge on any atom is -0.495 e. The van der Waals surface area contributed by atoms with Gasteiger partial charge < -0.3 is 15.8 Å². The molecule has 1 heterocycles. The van der Waals surface area contributed by atoms with Crippen LogP contribution in [0.4, 0.5) is 5.69 Å². The number of hydrogen-bond acceptors (Lipinski definition) is 3. The Morgan fingerprint density at radius 2 is 1.93 bits per heavy atom. The van der Waals surface area contributed by atoms with Gasteiger partial charge in [-0.15, -0.1) is 0 Å². The van der Waals surface area contributed by atoms with Gasteiger partial charge in [-0.05, 0) is 61.7 Å². The quantitative estimate of drug-likeness (QED) is 0.527. The Labute approximate surface area is 176 Å². The molecular formula is C21H26Cl2N4O. The summed E-state index contributed by atoms with van der Waals surface area (Å²) in [6.45, 7) is 3.72. The molecule has 28 heavy (non-hydrogen) atoms. The molecule has 1 aliphatic rings. The highest BCUT2D eigenvalue weighted by molar-refractivity contribution is 6.32. The predicted octanol–water partition coefficient (Wildman–Crippen LogP) is 4.64. The summed E-state index contributed by atoms with van der Waals surface area (Å²) in [6, 6.07) is 13.5. The summed E-state index contributed by atoms with van der Waals surface area (Å²) in [6.07, 6.45) is 2.21. The first kappa shape index (κ1) is 20.8. The van der Waals surface area contributed by atoms with Crippen molar-refractivity contribution in [3.8, 4) is 5.75 Å². The van der Waals surface area contributed by atoms with E-state index >= 15 is 0 Å². The fourth-order valence-corrected chi connectivity index (χ4v) is 3.81. The summed E-state index contributed by atoms with van der Waals surface area (Å²) >= 11 is 12.4. The van der Waals surface area contributed by atoms with E-state index in [1.165, 1.54) is 5.56 Å². The van der Waals surface area contributed by atoms with Gasteiger partial charge in [0, 0.05) is 23.8 Å². The van der Waals surface area contributed by atoms with Crippen molar-refractivity contribution in [1.29, 1.82) is 0 Å². The molecule has 2 aromatic rings. The van der Waals surface area contributed by atoms with Crippen molar-refractivity contribution in [2.75, 3.05) is 32.1 Å². The lowest BCUT2D eigenvalue weighted by Gasteiger charge is -2.31. The molecule has 0 unspecified atom stereocenters. The second kappa shape index (κ2) is 10.0. The third-order valence-corrected chi connectivity index (χ3v) is 5.67. The number of nitrogens with zero attached hydrogens (tertiary/aromatic N) is 2. The van der Waals surface area contributed by atoms with Gasteiger partial charge in [0.05, 0.1) is 12.1 Å². The molecule has 0 bridgehead atoms. The van der Waals surface area contributed by atoms with Gasteiger partial charge >= 0.3 is 0 Å². The molecule has 3 rings (SSSR count). The summed E-state index contributed by atoms with van der Waals surface area (Å²) < 4.78 is 5.15. The number of nitrogens with two attached hydrogens (primary N) is 1. The molecule has 7 heteroatoms.